The lowest BCUT2D eigenvalue weighted by molar-refractivity contribution is 0.102. The maximum atomic E-state index is 12.6. The molecule has 0 spiro atoms. The molecule has 1 saturated heterocycles. The first kappa shape index (κ1) is 16.0. The Morgan fingerprint density at radius 3 is 2.92 bits per heavy atom. The zero-order chi connectivity index (χ0) is 17.2. The Bertz CT molecular complexity index is 877. The smallest absolute Gasteiger partial charge is 0.275 e. The van der Waals surface area contributed by atoms with Crippen molar-refractivity contribution in [3.8, 4) is 10.6 Å². The Morgan fingerprint density at radius 1 is 1.32 bits per heavy atom. The van der Waals surface area contributed by atoms with Crippen LogP contribution in [0.3, 0.4) is 0 Å². The van der Waals surface area contributed by atoms with Crippen LogP contribution in [0.4, 0.5) is 5.69 Å². The Morgan fingerprint density at radius 2 is 2.16 bits per heavy atom. The summed E-state index contributed by atoms with van der Waals surface area (Å²) in [4.78, 5) is 17.0. The topological polar surface area (TPSA) is 82.7 Å². The number of hydrogen-bond donors (Lipinski definition) is 3. The molecule has 1 aliphatic rings. The van der Waals surface area contributed by atoms with Gasteiger partial charge >= 0.3 is 0 Å². The highest BCUT2D eigenvalue weighted by atomic mass is 32.1. The number of benzene rings is 1. The molecule has 0 saturated carbocycles. The first-order chi connectivity index (χ1) is 12.2. The molecule has 1 unspecified atom stereocenters. The van der Waals surface area contributed by atoms with Gasteiger partial charge in [-0.15, -0.1) is 11.3 Å². The fraction of sp³-hybridized carbons (Fsp3) is 0.278. The Balaban J connectivity index is 1.51. The molecule has 3 N–H and O–H groups in total. The summed E-state index contributed by atoms with van der Waals surface area (Å²) in [6, 6.07) is 8.14. The molecule has 128 valence electrons. The molecular weight excluding hydrogens is 334 g/mol. The summed E-state index contributed by atoms with van der Waals surface area (Å²) in [6.45, 7) is 3.94. The summed E-state index contributed by atoms with van der Waals surface area (Å²) in [5, 5.41) is 16.0. The van der Waals surface area contributed by atoms with Crippen molar-refractivity contribution in [1.29, 1.82) is 0 Å². The van der Waals surface area contributed by atoms with E-state index in [0.717, 1.165) is 41.5 Å². The van der Waals surface area contributed by atoms with Crippen molar-refractivity contribution in [3.63, 3.8) is 0 Å². The molecule has 3 heterocycles. The predicted octanol–water partition coefficient (Wildman–Crippen LogP) is 3.17. The van der Waals surface area contributed by atoms with Gasteiger partial charge in [0, 0.05) is 23.4 Å². The molecule has 1 aliphatic heterocycles. The van der Waals surface area contributed by atoms with Crippen molar-refractivity contribution >= 4 is 22.9 Å². The number of aromatic amines is 1. The van der Waals surface area contributed by atoms with E-state index < -0.39 is 0 Å². The number of carbonyl (C=O) groups excluding carboxylic acids is 1. The number of thiazole rings is 1. The van der Waals surface area contributed by atoms with Crippen LogP contribution in [0.25, 0.3) is 10.6 Å². The minimum absolute atomic E-state index is 0.205. The van der Waals surface area contributed by atoms with Crippen molar-refractivity contribution in [1.82, 2.24) is 20.5 Å². The van der Waals surface area contributed by atoms with E-state index in [2.05, 4.69) is 25.8 Å². The van der Waals surface area contributed by atoms with Crippen LogP contribution in [-0.4, -0.2) is 34.2 Å². The number of H-pyrrole nitrogens is 1. The summed E-state index contributed by atoms with van der Waals surface area (Å²) in [5.41, 5.74) is 4.37. The van der Waals surface area contributed by atoms with E-state index in [9.17, 15) is 4.79 Å². The van der Waals surface area contributed by atoms with Gasteiger partial charge in [-0.1, -0.05) is 29.8 Å². The average molecular weight is 353 g/mol. The summed E-state index contributed by atoms with van der Waals surface area (Å²) < 4.78 is 0. The summed E-state index contributed by atoms with van der Waals surface area (Å²) in [7, 11) is 0. The SMILES string of the molecule is Cc1ccc(-c2nc(C(=O)Nc3cn[nH]c3C3CCNC3)cs2)cc1. The molecule has 2 aromatic heterocycles. The third-order valence-corrected chi connectivity index (χ3v) is 5.31. The van der Waals surface area contributed by atoms with E-state index >= 15 is 0 Å². The monoisotopic (exact) mass is 353 g/mol. The number of carbonyl (C=O) groups is 1. The van der Waals surface area contributed by atoms with E-state index in [1.54, 1.807) is 11.6 Å². The van der Waals surface area contributed by atoms with Gasteiger partial charge in [0.15, 0.2) is 0 Å². The van der Waals surface area contributed by atoms with E-state index in [1.165, 1.54) is 16.9 Å². The lowest BCUT2D eigenvalue weighted by Gasteiger charge is -2.09. The molecule has 4 rings (SSSR count). The fourth-order valence-corrected chi connectivity index (χ4v) is 3.81. The van der Waals surface area contributed by atoms with Gasteiger partial charge in [-0.2, -0.15) is 5.10 Å². The van der Waals surface area contributed by atoms with Gasteiger partial charge in [0.1, 0.15) is 10.7 Å². The van der Waals surface area contributed by atoms with Crippen LogP contribution in [0, 0.1) is 6.92 Å². The Labute approximate surface area is 149 Å². The molecule has 1 aromatic carbocycles. The van der Waals surface area contributed by atoms with Gasteiger partial charge in [-0.25, -0.2) is 4.98 Å². The van der Waals surface area contributed by atoms with Crippen LogP contribution in [0.5, 0.6) is 0 Å². The Hall–Kier alpha value is -2.51. The molecule has 6 nitrogen and oxygen atoms in total. The molecule has 1 fully saturated rings. The van der Waals surface area contributed by atoms with Crippen LogP contribution in [-0.2, 0) is 0 Å². The summed E-state index contributed by atoms with van der Waals surface area (Å²) in [6.07, 6.45) is 2.71. The van der Waals surface area contributed by atoms with E-state index in [-0.39, 0.29) is 5.91 Å². The van der Waals surface area contributed by atoms with Crippen LogP contribution in [0.15, 0.2) is 35.8 Å². The van der Waals surface area contributed by atoms with Gasteiger partial charge in [0.05, 0.1) is 17.6 Å². The summed E-state index contributed by atoms with van der Waals surface area (Å²) >= 11 is 1.47. The first-order valence-electron chi connectivity index (χ1n) is 8.28. The van der Waals surface area contributed by atoms with Gasteiger partial charge < -0.3 is 10.6 Å². The molecule has 0 bridgehead atoms. The molecule has 0 aliphatic carbocycles. The zero-order valence-corrected chi connectivity index (χ0v) is 14.7. The number of anilines is 1. The highest BCUT2D eigenvalue weighted by molar-refractivity contribution is 7.13. The number of aromatic nitrogens is 3. The zero-order valence-electron chi connectivity index (χ0n) is 13.9. The van der Waals surface area contributed by atoms with Gasteiger partial charge in [-0.05, 0) is 19.9 Å². The number of aryl methyl sites for hydroxylation is 1. The third kappa shape index (κ3) is 3.33. The van der Waals surface area contributed by atoms with Crippen LogP contribution in [0.2, 0.25) is 0 Å². The molecule has 25 heavy (non-hydrogen) atoms. The quantitative estimate of drug-likeness (QED) is 0.673. The van der Waals surface area contributed by atoms with Gasteiger partial charge in [-0.3, -0.25) is 9.89 Å². The van der Waals surface area contributed by atoms with E-state index in [4.69, 9.17) is 0 Å². The normalized spacial score (nSPS) is 16.9. The maximum Gasteiger partial charge on any atom is 0.275 e. The van der Waals surface area contributed by atoms with Crippen molar-refractivity contribution < 1.29 is 4.79 Å². The number of rotatable bonds is 4. The van der Waals surface area contributed by atoms with Crippen molar-refractivity contribution in [3.05, 3.63) is 52.8 Å². The number of amides is 1. The van der Waals surface area contributed by atoms with Gasteiger partial charge in [0.2, 0.25) is 0 Å². The summed E-state index contributed by atoms with van der Waals surface area (Å²) in [5.74, 6) is 0.152. The molecule has 7 heteroatoms. The van der Waals surface area contributed by atoms with Crippen molar-refractivity contribution in [2.24, 2.45) is 0 Å². The third-order valence-electron chi connectivity index (χ3n) is 4.42. The molecule has 1 atom stereocenters. The minimum Gasteiger partial charge on any atom is -0.318 e. The van der Waals surface area contributed by atoms with Crippen molar-refractivity contribution in [2.45, 2.75) is 19.3 Å². The van der Waals surface area contributed by atoms with Crippen LogP contribution >= 0.6 is 11.3 Å². The van der Waals surface area contributed by atoms with Crippen LogP contribution in [0.1, 0.15) is 34.1 Å². The fourth-order valence-electron chi connectivity index (χ4n) is 3.00. The average Bonchev–Trinajstić information content (AvgIpc) is 3.36. The van der Waals surface area contributed by atoms with E-state index in [1.807, 2.05) is 31.2 Å². The number of hydrogen-bond acceptors (Lipinski definition) is 5. The maximum absolute atomic E-state index is 12.6. The molecule has 0 radical (unpaired) electrons. The minimum atomic E-state index is -0.205. The Kier molecular flexibility index (Phi) is 4.33. The molecular formula is C18H19N5OS. The van der Waals surface area contributed by atoms with E-state index in [0.29, 0.717) is 11.6 Å². The second kappa shape index (κ2) is 6.78. The lowest BCUT2D eigenvalue weighted by atomic mass is 10.0. The van der Waals surface area contributed by atoms with Gasteiger partial charge in [0.25, 0.3) is 5.91 Å². The van der Waals surface area contributed by atoms with Crippen molar-refractivity contribution in [2.75, 3.05) is 18.4 Å². The second-order valence-electron chi connectivity index (χ2n) is 6.25. The largest absolute Gasteiger partial charge is 0.318 e. The number of nitrogens with one attached hydrogen (secondary N) is 3. The number of nitrogens with zero attached hydrogens (tertiary/aromatic N) is 2. The molecule has 1 amide bonds. The highest BCUT2D eigenvalue weighted by Gasteiger charge is 2.23. The second-order valence-corrected chi connectivity index (χ2v) is 7.10. The lowest BCUT2D eigenvalue weighted by Crippen LogP contribution is -2.15. The highest BCUT2D eigenvalue weighted by Crippen LogP contribution is 2.28. The molecule has 3 aromatic rings. The van der Waals surface area contributed by atoms with Crippen LogP contribution < -0.4 is 10.6 Å². The standard InChI is InChI=1S/C18H19N5OS/c1-11-2-4-12(5-3-11)18-22-15(10-25-18)17(24)21-14-9-20-23-16(14)13-6-7-19-8-13/h2-5,9-10,13,19H,6-8H2,1H3,(H,20,23)(H,21,24). The predicted molar refractivity (Wildman–Crippen MR) is 99.1 cm³/mol. The first-order valence-corrected chi connectivity index (χ1v) is 9.16.